The number of amides is 1. The van der Waals surface area contributed by atoms with Gasteiger partial charge in [0.25, 0.3) is 0 Å². The quantitative estimate of drug-likeness (QED) is 0.327. The number of furan rings is 1. The Balaban J connectivity index is 1.44. The number of likely N-dealkylation sites (N-methyl/N-ethyl adjacent to an activating group) is 1. The second-order valence-corrected chi connectivity index (χ2v) is 9.54. The van der Waals surface area contributed by atoms with E-state index >= 15 is 0 Å². The molecule has 0 bridgehead atoms. The predicted molar refractivity (Wildman–Crippen MR) is 136 cm³/mol. The zero-order valence-electron chi connectivity index (χ0n) is 20.6. The van der Waals surface area contributed by atoms with Gasteiger partial charge in [-0.05, 0) is 30.8 Å². The van der Waals surface area contributed by atoms with Crippen molar-refractivity contribution in [2.45, 2.75) is 25.6 Å². The zero-order chi connectivity index (χ0) is 27.6. The van der Waals surface area contributed by atoms with Crippen molar-refractivity contribution in [2.24, 2.45) is 7.05 Å². The average molecular weight is 548 g/mol. The lowest BCUT2D eigenvalue weighted by molar-refractivity contribution is -0.120. The van der Waals surface area contributed by atoms with Crippen LogP contribution in [0.3, 0.4) is 0 Å². The Labute approximate surface area is 221 Å². The number of halogens is 4. The van der Waals surface area contributed by atoms with Crippen LogP contribution in [0.25, 0.3) is 11.1 Å². The van der Waals surface area contributed by atoms with E-state index in [1.807, 2.05) is 0 Å². The highest BCUT2D eigenvalue weighted by Gasteiger charge is 2.22. The summed E-state index contributed by atoms with van der Waals surface area (Å²) in [4.78, 5) is 27.1. The molecule has 1 atom stereocenters. The third-order valence-corrected chi connectivity index (χ3v) is 6.26. The lowest BCUT2D eigenvalue weighted by Gasteiger charge is -2.20. The SMILES string of the molecule is CN(Cc1cc2c(=O)c(CC(=O)NCc3ccc(Cl)cc3)cn(C)c2o1)CC(O)c1c(F)cc(F)cc1F. The Morgan fingerprint density at radius 1 is 1.16 bits per heavy atom. The van der Waals surface area contributed by atoms with Crippen LogP contribution in [0.1, 0.15) is 28.6 Å². The van der Waals surface area contributed by atoms with Gasteiger partial charge < -0.3 is 19.4 Å². The maximum atomic E-state index is 14.0. The molecule has 1 unspecified atom stereocenters. The number of aryl methyl sites for hydroxylation is 1. The van der Waals surface area contributed by atoms with Crippen LogP contribution < -0.4 is 10.7 Å². The number of aromatic nitrogens is 1. The van der Waals surface area contributed by atoms with Crippen LogP contribution in [0.4, 0.5) is 13.2 Å². The standard InChI is InChI=1S/C27H25ClF3N3O4/c1-33(14-23(35)25-21(30)8-18(29)9-22(25)31)13-19-10-20-26(37)16(12-34(2)27(20)38-19)7-24(36)32-11-15-3-5-17(28)6-4-15/h3-6,8-10,12,23,35H,7,11,13-14H2,1-2H3,(H,32,36). The first kappa shape index (κ1) is 27.4. The van der Waals surface area contributed by atoms with Crippen molar-refractivity contribution in [3.05, 3.63) is 104 Å². The summed E-state index contributed by atoms with van der Waals surface area (Å²) in [6.45, 7) is 0.205. The van der Waals surface area contributed by atoms with E-state index in [0.29, 0.717) is 35.2 Å². The minimum atomic E-state index is -1.56. The summed E-state index contributed by atoms with van der Waals surface area (Å²) in [6, 6.07) is 9.58. The Kier molecular flexibility index (Phi) is 8.25. The molecule has 38 heavy (non-hydrogen) atoms. The molecule has 2 heterocycles. The Hall–Kier alpha value is -3.60. The topological polar surface area (TPSA) is 87.7 Å². The molecule has 0 saturated carbocycles. The van der Waals surface area contributed by atoms with E-state index in [2.05, 4.69) is 5.32 Å². The number of rotatable bonds is 9. The van der Waals surface area contributed by atoms with E-state index in [9.17, 15) is 27.9 Å². The number of carbonyl (C=O) groups is 1. The van der Waals surface area contributed by atoms with Crippen LogP contribution in [0.5, 0.6) is 0 Å². The van der Waals surface area contributed by atoms with Crippen LogP contribution in [0.15, 0.2) is 57.9 Å². The lowest BCUT2D eigenvalue weighted by atomic mass is 10.1. The molecule has 11 heteroatoms. The number of carbonyl (C=O) groups excluding carboxylic acids is 1. The molecule has 0 spiro atoms. The molecule has 0 aliphatic heterocycles. The first-order valence-electron chi connectivity index (χ1n) is 11.6. The van der Waals surface area contributed by atoms with Crippen molar-refractivity contribution < 1.29 is 27.5 Å². The summed E-state index contributed by atoms with van der Waals surface area (Å²) < 4.78 is 48.6. The van der Waals surface area contributed by atoms with E-state index in [4.69, 9.17) is 16.0 Å². The maximum absolute atomic E-state index is 14.0. The van der Waals surface area contributed by atoms with Gasteiger partial charge >= 0.3 is 0 Å². The van der Waals surface area contributed by atoms with Crippen molar-refractivity contribution in [3.8, 4) is 0 Å². The van der Waals surface area contributed by atoms with Gasteiger partial charge in [-0.25, -0.2) is 13.2 Å². The summed E-state index contributed by atoms with van der Waals surface area (Å²) in [6.07, 6.45) is -0.153. The van der Waals surface area contributed by atoms with E-state index in [1.165, 1.54) is 12.3 Å². The van der Waals surface area contributed by atoms with Gasteiger partial charge in [0.05, 0.1) is 30.0 Å². The Bertz CT molecular complexity index is 1510. The Morgan fingerprint density at radius 3 is 2.47 bits per heavy atom. The number of aliphatic hydroxyl groups excluding tert-OH is 1. The van der Waals surface area contributed by atoms with Crippen LogP contribution in [0.2, 0.25) is 5.02 Å². The van der Waals surface area contributed by atoms with Gasteiger partial charge in [0.1, 0.15) is 23.2 Å². The first-order chi connectivity index (χ1) is 18.0. The number of pyridine rings is 1. The molecule has 0 saturated heterocycles. The van der Waals surface area contributed by atoms with Crippen LogP contribution in [-0.2, 0) is 31.4 Å². The van der Waals surface area contributed by atoms with Crippen molar-refractivity contribution in [1.82, 2.24) is 14.8 Å². The highest BCUT2D eigenvalue weighted by molar-refractivity contribution is 6.30. The normalized spacial score (nSPS) is 12.3. The van der Waals surface area contributed by atoms with Gasteiger partial charge in [-0.15, -0.1) is 0 Å². The molecule has 4 aromatic rings. The molecule has 2 aromatic carbocycles. The van der Waals surface area contributed by atoms with Gasteiger partial charge in [0.15, 0.2) is 5.43 Å². The summed E-state index contributed by atoms with van der Waals surface area (Å²) in [5.74, 6) is -3.40. The van der Waals surface area contributed by atoms with Crippen molar-refractivity contribution in [1.29, 1.82) is 0 Å². The van der Waals surface area contributed by atoms with E-state index in [1.54, 1.807) is 47.8 Å². The number of benzene rings is 2. The molecular formula is C27H25ClF3N3O4. The minimum Gasteiger partial charge on any atom is -0.443 e. The van der Waals surface area contributed by atoms with Gasteiger partial charge in [0, 0.05) is 49.1 Å². The fourth-order valence-electron chi connectivity index (χ4n) is 4.21. The monoisotopic (exact) mass is 547 g/mol. The number of fused-ring (bicyclic) bond motifs is 1. The third kappa shape index (κ3) is 6.27. The molecule has 0 aliphatic carbocycles. The second kappa shape index (κ2) is 11.4. The molecule has 0 aliphatic rings. The summed E-state index contributed by atoms with van der Waals surface area (Å²) in [7, 11) is 3.27. The highest BCUT2D eigenvalue weighted by atomic mass is 35.5. The smallest absolute Gasteiger partial charge is 0.224 e. The van der Waals surface area contributed by atoms with E-state index in [0.717, 1.165) is 5.56 Å². The van der Waals surface area contributed by atoms with Crippen LogP contribution >= 0.6 is 11.6 Å². The molecule has 7 nitrogen and oxygen atoms in total. The van der Waals surface area contributed by atoms with Crippen LogP contribution in [0, 0.1) is 17.5 Å². The van der Waals surface area contributed by atoms with Gasteiger partial charge in [-0.1, -0.05) is 23.7 Å². The lowest BCUT2D eigenvalue weighted by Crippen LogP contribution is -2.27. The van der Waals surface area contributed by atoms with Crippen LogP contribution in [-0.4, -0.2) is 34.1 Å². The maximum Gasteiger partial charge on any atom is 0.224 e. The number of aliphatic hydroxyl groups is 1. The van der Waals surface area contributed by atoms with Crippen molar-refractivity contribution >= 4 is 28.6 Å². The zero-order valence-corrected chi connectivity index (χ0v) is 21.4. The van der Waals surface area contributed by atoms with E-state index < -0.39 is 29.1 Å². The number of hydrogen-bond donors (Lipinski definition) is 2. The molecule has 2 aromatic heterocycles. The third-order valence-electron chi connectivity index (χ3n) is 6.01. The number of hydrogen-bond acceptors (Lipinski definition) is 5. The van der Waals surface area contributed by atoms with Gasteiger partial charge in [0.2, 0.25) is 11.6 Å². The van der Waals surface area contributed by atoms with Crippen molar-refractivity contribution in [2.75, 3.05) is 13.6 Å². The van der Waals surface area contributed by atoms with Crippen molar-refractivity contribution in [3.63, 3.8) is 0 Å². The summed E-state index contributed by atoms with van der Waals surface area (Å²) in [5, 5.41) is 14.0. The molecule has 2 N–H and O–H groups in total. The molecule has 1 amide bonds. The second-order valence-electron chi connectivity index (χ2n) is 9.10. The summed E-state index contributed by atoms with van der Waals surface area (Å²) >= 11 is 5.87. The fraction of sp³-hybridized carbons (Fsp3) is 0.259. The number of nitrogens with one attached hydrogen (secondary N) is 1. The Morgan fingerprint density at radius 2 is 1.82 bits per heavy atom. The number of nitrogens with zero attached hydrogens (tertiary/aromatic N) is 2. The highest BCUT2D eigenvalue weighted by Crippen LogP contribution is 2.24. The van der Waals surface area contributed by atoms with E-state index in [-0.39, 0.29) is 41.8 Å². The average Bonchev–Trinajstić information content (AvgIpc) is 3.25. The largest absolute Gasteiger partial charge is 0.443 e. The molecule has 0 fully saturated rings. The van der Waals surface area contributed by atoms with Gasteiger partial charge in [-0.3, -0.25) is 14.5 Å². The minimum absolute atomic E-state index is 0.104. The molecular weight excluding hydrogens is 523 g/mol. The van der Waals surface area contributed by atoms with Gasteiger partial charge in [-0.2, -0.15) is 0 Å². The molecule has 4 rings (SSSR count). The molecule has 200 valence electrons. The summed E-state index contributed by atoms with van der Waals surface area (Å²) in [5.41, 5.74) is 0.458. The molecule has 0 radical (unpaired) electrons. The predicted octanol–water partition coefficient (Wildman–Crippen LogP) is 4.23. The fourth-order valence-corrected chi connectivity index (χ4v) is 4.34. The first-order valence-corrected chi connectivity index (χ1v) is 12.0.